The van der Waals surface area contributed by atoms with E-state index in [2.05, 4.69) is 4.74 Å². The fourth-order valence-corrected chi connectivity index (χ4v) is 2.50. The molecule has 1 heterocycles. The molecule has 0 fully saturated rings. The Balaban J connectivity index is 1.95. The van der Waals surface area contributed by atoms with Crippen molar-refractivity contribution >= 4 is 23.5 Å². The van der Waals surface area contributed by atoms with Gasteiger partial charge in [0.1, 0.15) is 11.5 Å². The van der Waals surface area contributed by atoms with Crippen LogP contribution in [0.3, 0.4) is 0 Å². The molecule has 2 aromatic rings. The molecule has 3 rings (SSSR count). The van der Waals surface area contributed by atoms with Crippen LogP contribution < -0.4 is 4.74 Å². The largest absolute Gasteiger partial charge is 0.573 e. The minimum absolute atomic E-state index is 0.0557. The maximum atomic E-state index is 12.3. The topological polar surface area (TPSA) is 78.7 Å². The smallest absolute Gasteiger partial charge is 0.422 e. The van der Waals surface area contributed by atoms with Crippen LogP contribution in [-0.4, -0.2) is 17.3 Å². The van der Waals surface area contributed by atoms with Crippen LogP contribution in [0.5, 0.6) is 5.75 Å². The highest BCUT2D eigenvalue weighted by atomic mass is 19.4. The first-order chi connectivity index (χ1) is 12.1. The summed E-state index contributed by atoms with van der Waals surface area (Å²) in [7, 11) is 0. The Morgan fingerprint density at radius 3 is 2.50 bits per heavy atom. The molecule has 0 radical (unpaired) electrons. The number of carbonyl (C=O) groups excluding carboxylic acids is 1. The molecule has 0 unspecified atom stereocenters. The van der Waals surface area contributed by atoms with E-state index >= 15 is 0 Å². The van der Waals surface area contributed by atoms with Crippen LogP contribution >= 0.6 is 0 Å². The number of fused-ring (bicyclic) bond motifs is 1. The summed E-state index contributed by atoms with van der Waals surface area (Å²) in [6.45, 7) is 1.57. The second kappa shape index (κ2) is 6.17. The zero-order chi connectivity index (χ0) is 19.1. The van der Waals surface area contributed by atoms with E-state index in [4.69, 9.17) is 4.74 Å². The Morgan fingerprint density at radius 1 is 1.15 bits per heavy atom. The summed E-state index contributed by atoms with van der Waals surface area (Å²) in [5, 5.41) is 10.8. The molecule has 9 heteroatoms. The van der Waals surface area contributed by atoms with E-state index in [9.17, 15) is 28.1 Å². The first-order valence-electron chi connectivity index (χ1n) is 7.23. The number of hydrogen-bond donors (Lipinski definition) is 0. The number of non-ortho nitro benzene ring substituents is 1. The molecule has 0 aromatic heterocycles. The van der Waals surface area contributed by atoms with E-state index in [-0.39, 0.29) is 22.8 Å². The fourth-order valence-electron chi connectivity index (χ4n) is 2.50. The van der Waals surface area contributed by atoms with Gasteiger partial charge in [0.05, 0.1) is 10.5 Å². The molecule has 134 valence electrons. The summed E-state index contributed by atoms with van der Waals surface area (Å²) in [6.07, 6.45) is -3.32. The molecule has 26 heavy (non-hydrogen) atoms. The van der Waals surface area contributed by atoms with Crippen LogP contribution in [0.25, 0.3) is 11.8 Å². The predicted molar refractivity (Wildman–Crippen MR) is 84.2 cm³/mol. The molecule has 6 nitrogen and oxygen atoms in total. The molecule has 0 aliphatic carbocycles. The number of nitrogens with zero attached hydrogens (tertiary/aromatic N) is 1. The standard InChI is InChI=1S/C17H10F3NO5/c1-9-6-12(26-17(18,19)20)4-2-10(9)7-15-13-5-3-11(21(23)24)8-14(13)16(22)25-15/h2-8H,1H3. The molecule has 0 saturated carbocycles. The molecular formula is C17H10F3NO5. The quantitative estimate of drug-likeness (QED) is 0.456. The SMILES string of the molecule is Cc1cc(OC(F)(F)F)ccc1C=C1OC(=O)c2cc([N+](=O)[O-])ccc21. The van der Waals surface area contributed by atoms with Gasteiger partial charge in [0, 0.05) is 17.7 Å². The summed E-state index contributed by atoms with van der Waals surface area (Å²) in [6, 6.07) is 7.47. The molecule has 0 amide bonds. The van der Waals surface area contributed by atoms with Crippen molar-refractivity contribution < 1.29 is 32.4 Å². The van der Waals surface area contributed by atoms with Gasteiger partial charge in [0.25, 0.3) is 5.69 Å². The summed E-state index contributed by atoms with van der Waals surface area (Å²) in [5.41, 5.74) is 1.15. The van der Waals surface area contributed by atoms with Crippen LogP contribution in [0.1, 0.15) is 27.0 Å². The minimum atomic E-state index is -4.79. The maximum absolute atomic E-state index is 12.3. The molecular weight excluding hydrogens is 355 g/mol. The van der Waals surface area contributed by atoms with E-state index in [0.717, 1.165) is 12.1 Å². The first kappa shape index (κ1) is 17.5. The number of rotatable bonds is 3. The van der Waals surface area contributed by atoms with Crippen molar-refractivity contribution in [1.29, 1.82) is 0 Å². The lowest BCUT2D eigenvalue weighted by atomic mass is 10.0. The predicted octanol–water partition coefficient (Wildman–Crippen LogP) is 4.47. The Morgan fingerprint density at radius 2 is 1.88 bits per heavy atom. The van der Waals surface area contributed by atoms with Gasteiger partial charge in [-0.2, -0.15) is 0 Å². The van der Waals surface area contributed by atoms with Gasteiger partial charge in [0.15, 0.2) is 0 Å². The summed E-state index contributed by atoms with van der Waals surface area (Å²) in [5.74, 6) is -0.936. The number of aryl methyl sites for hydroxylation is 1. The Hall–Kier alpha value is -3.36. The van der Waals surface area contributed by atoms with E-state index < -0.39 is 17.3 Å². The zero-order valence-corrected chi connectivity index (χ0v) is 13.2. The third-order valence-electron chi connectivity index (χ3n) is 3.66. The molecule has 0 spiro atoms. The van der Waals surface area contributed by atoms with Gasteiger partial charge in [-0.1, -0.05) is 6.07 Å². The average molecular weight is 365 g/mol. The van der Waals surface area contributed by atoms with E-state index in [1.165, 1.54) is 30.3 Å². The minimum Gasteiger partial charge on any atom is -0.422 e. The van der Waals surface area contributed by atoms with Gasteiger partial charge in [-0.15, -0.1) is 13.2 Å². The molecule has 1 aliphatic rings. The van der Waals surface area contributed by atoms with Gasteiger partial charge < -0.3 is 9.47 Å². The first-order valence-corrected chi connectivity index (χ1v) is 7.23. The molecule has 2 aromatic carbocycles. The number of alkyl halides is 3. The molecule has 0 bridgehead atoms. The van der Waals surface area contributed by atoms with Crippen molar-refractivity contribution in [3.05, 3.63) is 68.8 Å². The highest BCUT2D eigenvalue weighted by molar-refractivity contribution is 6.06. The van der Waals surface area contributed by atoms with Crippen molar-refractivity contribution in [2.45, 2.75) is 13.3 Å². The summed E-state index contributed by atoms with van der Waals surface area (Å²) >= 11 is 0. The highest BCUT2D eigenvalue weighted by Crippen LogP contribution is 2.34. The monoisotopic (exact) mass is 365 g/mol. The number of benzene rings is 2. The lowest BCUT2D eigenvalue weighted by Crippen LogP contribution is -2.17. The van der Waals surface area contributed by atoms with Gasteiger partial charge >= 0.3 is 12.3 Å². The van der Waals surface area contributed by atoms with Crippen molar-refractivity contribution in [3.63, 3.8) is 0 Å². The Kier molecular flexibility index (Phi) is 4.15. The number of esters is 1. The van der Waals surface area contributed by atoms with Crippen LogP contribution in [-0.2, 0) is 4.74 Å². The number of halogens is 3. The lowest BCUT2D eigenvalue weighted by molar-refractivity contribution is -0.384. The third-order valence-corrected chi connectivity index (χ3v) is 3.66. The number of hydrogen-bond acceptors (Lipinski definition) is 5. The number of ether oxygens (including phenoxy) is 2. The third kappa shape index (κ3) is 3.51. The van der Waals surface area contributed by atoms with Gasteiger partial charge in [-0.05, 0) is 42.3 Å². The van der Waals surface area contributed by atoms with Gasteiger partial charge in [0.2, 0.25) is 0 Å². The molecule has 0 N–H and O–H groups in total. The number of nitro groups is 1. The molecule has 0 atom stereocenters. The van der Waals surface area contributed by atoms with Crippen LogP contribution in [0.4, 0.5) is 18.9 Å². The van der Waals surface area contributed by atoms with Gasteiger partial charge in [-0.3, -0.25) is 10.1 Å². The Bertz CT molecular complexity index is 950. The number of nitro benzene ring substituents is 1. The van der Waals surface area contributed by atoms with Crippen LogP contribution in [0.2, 0.25) is 0 Å². The van der Waals surface area contributed by atoms with Crippen molar-refractivity contribution in [3.8, 4) is 5.75 Å². The van der Waals surface area contributed by atoms with Crippen molar-refractivity contribution in [2.75, 3.05) is 0 Å². The van der Waals surface area contributed by atoms with Crippen LogP contribution in [0.15, 0.2) is 36.4 Å². The van der Waals surface area contributed by atoms with E-state index in [1.807, 2.05) is 0 Å². The molecule has 0 saturated heterocycles. The van der Waals surface area contributed by atoms with Crippen LogP contribution in [0, 0.1) is 17.0 Å². The second-order valence-corrected chi connectivity index (χ2v) is 5.45. The van der Waals surface area contributed by atoms with E-state index in [0.29, 0.717) is 16.7 Å². The normalized spacial score (nSPS) is 14.9. The average Bonchev–Trinajstić information content (AvgIpc) is 2.84. The number of cyclic esters (lactones) is 1. The molecule has 1 aliphatic heterocycles. The second-order valence-electron chi connectivity index (χ2n) is 5.45. The summed E-state index contributed by atoms with van der Waals surface area (Å²) in [4.78, 5) is 22.1. The van der Waals surface area contributed by atoms with E-state index in [1.54, 1.807) is 6.92 Å². The summed E-state index contributed by atoms with van der Waals surface area (Å²) < 4.78 is 45.7. The van der Waals surface area contributed by atoms with Crippen molar-refractivity contribution in [1.82, 2.24) is 0 Å². The number of carbonyl (C=O) groups is 1. The van der Waals surface area contributed by atoms with Crippen molar-refractivity contribution in [2.24, 2.45) is 0 Å². The van der Waals surface area contributed by atoms with Gasteiger partial charge in [-0.25, -0.2) is 4.79 Å². The lowest BCUT2D eigenvalue weighted by Gasteiger charge is -2.10. The highest BCUT2D eigenvalue weighted by Gasteiger charge is 2.31. The Labute approximate surface area is 144 Å². The maximum Gasteiger partial charge on any atom is 0.573 e. The fraction of sp³-hybridized carbons (Fsp3) is 0.118. The zero-order valence-electron chi connectivity index (χ0n) is 13.2.